The molecule has 0 saturated heterocycles. The molecule has 0 aliphatic heterocycles. The summed E-state index contributed by atoms with van der Waals surface area (Å²) in [6.07, 6.45) is -0.577. The Morgan fingerprint density at radius 1 is 1.19 bits per heavy atom. The number of rotatable bonds is 5. The van der Waals surface area contributed by atoms with E-state index in [9.17, 15) is 23.1 Å². The molecule has 0 amide bonds. The Bertz CT molecular complexity index is 1650. The van der Waals surface area contributed by atoms with E-state index >= 15 is 0 Å². The van der Waals surface area contributed by atoms with Crippen LogP contribution >= 0.6 is 11.6 Å². The lowest BCUT2D eigenvalue weighted by Crippen LogP contribution is -2.18. The average molecular weight is 530 g/mol. The molecule has 0 bridgehead atoms. The Morgan fingerprint density at radius 2 is 1.97 bits per heavy atom. The molecule has 0 spiro atoms. The summed E-state index contributed by atoms with van der Waals surface area (Å²) in [6.45, 7) is 3.47. The van der Waals surface area contributed by atoms with E-state index in [4.69, 9.17) is 16.1 Å². The van der Waals surface area contributed by atoms with Crippen LogP contribution in [0.5, 0.6) is 5.75 Å². The summed E-state index contributed by atoms with van der Waals surface area (Å²) in [5, 5.41) is 21.4. The second-order valence-electron chi connectivity index (χ2n) is 7.97. The average Bonchev–Trinajstić information content (AvgIpc) is 3.37. The van der Waals surface area contributed by atoms with E-state index in [1.165, 1.54) is 17.0 Å². The molecule has 0 radical (unpaired) electrons. The van der Waals surface area contributed by atoms with Crippen LogP contribution in [0.2, 0.25) is 5.02 Å². The monoisotopic (exact) mass is 529 g/mol. The molecule has 0 fully saturated rings. The number of carboxylic acid groups (broad SMARTS) is 1. The summed E-state index contributed by atoms with van der Waals surface area (Å²) in [4.78, 5) is 16.1. The zero-order chi connectivity index (χ0) is 26.5. The molecule has 0 aliphatic carbocycles. The number of ether oxygens (including phenoxy) is 1. The lowest BCUT2D eigenvalue weighted by atomic mass is 9.99. The number of carbonyl (C=O) groups is 1. The zero-order valence-corrected chi connectivity index (χ0v) is 19.8. The number of hydrogen-bond donors (Lipinski definition) is 1. The molecule has 5 aromatic rings. The van der Waals surface area contributed by atoms with Crippen molar-refractivity contribution in [3.05, 3.63) is 71.0 Å². The fourth-order valence-corrected chi connectivity index (χ4v) is 4.42. The predicted molar refractivity (Wildman–Crippen MR) is 126 cm³/mol. The number of aromatic nitrogens is 5. The van der Waals surface area contributed by atoms with Gasteiger partial charge in [0, 0.05) is 46.2 Å². The van der Waals surface area contributed by atoms with Gasteiger partial charge >= 0.3 is 12.3 Å². The van der Waals surface area contributed by atoms with E-state index < -0.39 is 23.6 Å². The summed E-state index contributed by atoms with van der Waals surface area (Å²) in [5.41, 5.74) is 1.75. The molecule has 37 heavy (non-hydrogen) atoms. The number of aryl methyl sites for hydroxylation is 2. The van der Waals surface area contributed by atoms with Crippen LogP contribution in [0.1, 0.15) is 21.8 Å². The smallest absolute Gasteiger partial charge is 0.478 e. The quantitative estimate of drug-likeness (QED) is 0.294. The number of carboxylic acids is 1. The first-order valence-corrected chi connectivity index (χ1v) is 11.0. The summed E-state index contributed by atoms with van der Waals surface area (Å²) in [5.74, 6) is -1.38. The predicted octanol–water partition coefficient (Wildman–Crippen LogP) is 6.00. The standard InChI is InChI=1S/C24H15ClF3N5O4/c1-11-20(12(2)37-32-11)14-6-15-16(10-33(22(15)29-9-14)19-4-3-5-30-31-19)21-17(25)7-13(23(34)35)8-18(21)36-24(26,27)28/h3-10H,1-2H3,(H,34,35). The molecule has 1 N–H and O–H groups in total. The van der Waals surface area contributed by atoms with E-state index in [0.29, 0.717) is 39.4 Å². The van der Waals surface area contributed by atoms with Gasteiger partial charge in [-0.1, -0.05) is 16.8 Å². The van der Waals surface area contributed by atoms with Gasteiger partial charge in [0.25, 0.3) is 0 Å². The molecule has 0 atom stereocenters. The van der Waals surface area contributed by atoms with Crippen LogP contribution in [0.3, 0.4) is 0 Å². The van der Waals surface area contributed by atoms with Crippen LogP contribution in [0.15, 0.2) is 53.4 Å². The maximum Gasteiger partial charge on any atom is 0.573 e. The summed E-state index contributed by atoms with van der Waals surface area (Å²) in [6, 6.07) is 6.81. The highest BCUT2D eigenvalue weighted by molar-refractivity contribution is 6.34. The summed E-state index contributed by atoms with van der Waals surface area (Å²) in [7, 11) is 0. The lowest BCUT2D eigenvalue weighted by molar-refractivity contribution is -0.274. The van der Waals surface area contributed by atoms with Crippen molar-refractivity contribution in [1.29, 1.82) is 0 Å². The van der Waals surface area contributed by atoms with Gasteiger partial charge < -0.3 is 14.4 Å². The molecular weight excluding hydrogens is 515 g/mol. The zero-order valence-electron chi connectivity index (χ0n) is 19.0. The number of nitrogens with zero attached hydrogens (tertiary/aromatic N) is 5. The maximum atomic E-state index is 13.4. The Kier molecular flexibility index (Phi) is 5.83. The van der Waals surface area contributed by atoms with Crippen molar-refractivity contribution in [3.63, 3.8) is 0 Å². The van der Waals surface area contributed by atoms with Crippen molar-refractivity contribution in [1.82, 2.24) is 24.9 Å². The molecular formula is C24H15ClF3N5O4. The largest absolute Gasteiger partial charge is 0.573 e. The third-order valence-electron chi connectivity index (χ3n) is 5.57. The number of fused-ring (bicyclic) bond motifs is 1. The van der Waals surface area contributed by atoms with E-state index in [1.807, 2.05) is 0 Å². The Balaban J connectivity index is 1.85. The molecule has 1 aromatic carbocycles. The van der Waals surface area contributed by atoms with E-state index in [2.05, 4.69) is 25.1 Å². The fourth-order valence-electron chi connectivity index (χ4n) is 4.11. The highest BCUT2D eigenvalue weighted by atomic mass is 35.5. The minimum atomic E-state index is -5.11. The van der Waals surface area contributed by atoms with Crippen molar-refractivity contribution in [2.75, 3.05) is 0 Å². The normalized spacial score (nSPS) is 11.7. The number of halogens is 4. The Hall–Kier alpha value is -4.45. The molecule has 5 rings (SSSR count). The van der Waals surface area contributed by atoms with Gasteiger partial charge in [-0.05, 0) is 44.2 Å². The van der Waals surface area contributed by atoms with Crippen molar-refractivity contribution in [2.45, 2.75) is 20.2 Å². The number of hydrogen-bond acceptors (Lipinski definition) is 7. The van der Waals surface area contributed by atoms with E-state index in [-0.39, 0.29) is 16.1 Å². The topological polar surface area (TPSA) is 116 Å². The van der Waals surface area contributed by atoms with Gasteiger partial charge in [-0.3, -0.25) is 4.57 Å². The lowest BCUT2D eigenvalue weighted by Gasteiger charge is -2.15. The Labute approximate surface area is 211 Å². The fraction of sp³-hybridized carbons (Fsp3) is 0.125. The van der Waals surface area contributed by atoms with Gasteiger partial charge in [0.15, 0.2) is 5.82 Å². The van der Waals surface area contributed by atoms with Crippen molar-refractivity contribution >= 4 is 28.6 Å². The Morgan fingerprint density at radius 3 is 2.59 bits per heavy atom. The van der Waals surface area contributed by atoms with Gasteiger partial charge in [-0.15, -0.1) is 18.3 Å². The van der Waals surface area contributed by atoms with Gasteiger partial charge in [0.2, 0.25) is 0 Å². The van der Waals surface area contributed by atoms with Gasteiger partial charge in [-0.25, -0.2) is 9.78 Å². The first-order valence-electron chi connectivity index (χ1n) is 10.6. The van der Waals surface area contributed by atoms with Crippen molar-refractivity contribution in [2.24, 2.45) is 0 Å². The number of alkyl halides is 3. The van der Waals surface area contributed by atoms with Crippen LogP contribution in [0, 0.1) is 13.8 Å². The number of aromatic carboxylic acids is 1. The van der Waals surface area contributed by atoms with Crippen molar-refractivity contribution in [3.8, 4) is 33.8 Å². The van der Waals surface area contributed by atoms with Crippen LogP contribution in [0.4, 0.5) is 13.2 Å². The highest BCUT2D eigenvalue weighted by Crippen LogP contribution is 2.44. The molecule has 9 nitrogen and oxygen atoms in total. The number of benzene rings is 1. The number of pyridine rings is 1. The second kappa shape index (κ2) is 8.89. The molecule has 0 saturated carbocycles. The van der Waals surface area contributed by atoms with Crippen molar-refractivity contribution < 1.29 is 32.3 Å². The minimum absolute atomic E-state index is 0.172. The summed E-state index contributed by atoms with van der Waals surface area (Å²) >= 11 is 6.39. The molecule has 0 aliphatic rings. The SMILES string of the molecule is Cc1noc(C)c1-c1cnc2c(c1)c(-c1c(Cl)cc(C(=O)O)cc1OC(F)(F)F)cn2-c1cccnn1. The summed E-state index contributed by atoms with van der Waals surface area (Å²) < 4.78 is 51.1. The van der Waals surface area contributed by atoms with Crippen LogP contribution in [-0.2, 0) is 0 Å². The van der Waals surface area contributed by atoms with Gasteiger partial charge in [0.1, 0.15) is 17.2 Å². The van der Waals surface area contributed by atoms with E-state index in [1.54, 1.807) is 38.2 Å². The molecule has 0 unspecified atom stereocenters. The first-order chi connectivity index (χ1) is 17.5. The molecule has 4 aromatic heterocycles. The first kappa shape index (κ1) is 24.3. The minimum Gasteiger partial charge on any atom is -0.478 e. The van der Waals surface area contributed by atoms with Crippen LogP contribution in [0.25, 0.3) is 39.1 Å². The second-order valence-corrected chi connectivity index (χ2v) is 8.38. The highest BCUT2D eigenvalue weighted by Gasteiger charge is 2.34. The van der Waals surface area contributed by atoms with Crippen LogP contribution in [-0.4, -0.2) is 42.3 Å². The van der Waals surface area contributed by atoms with Gasteiger partial charge in [0.05, 0.1) is 16.3 Å². The van der Waals surface area contributed by atoms with E-state index in [0.717, 1.165) is 12.1 Å². The molecule has 4 heterocycles. The van der Waals surface area contributed by atoms with Crippen LogP contribution < -0.4 is 4.74 Å². The maximum absolute atomic E-state index is 13.4. The third-order valence-corrected chi connectivity index (χ3v) is 5.86. The molecule has 188 valence electrons. The third kappa shape index (κ3) is 4.47. The van der Waals surface area contributed by atoms with Gasteiger partial charge in [-0.2, -0.15) is 5.10 Å². The molecule has 13 heteroatoms.